The molecule has 0 spiro atoms. The molecule has 0 saturated carbocycles. The van der Waals surface area contributed by atoms with Gasteiger partial charge in [0.25, 0.3) is 0 Å². The molecule has 102 valence electrons. The van der Waals surface area contributed by atoms with Crippen LogP contribution in [0, 0.1) is 0 Å². The van der Waals surface area contributed by atoms with Crippen molar-refractivity contribution in [3.8, 4) is 0 Å². The number of nitrogens with zero attached hydrogens (tertiary/aromatic N) is 3. The number of carbonyl (C=O) groups excluding carboxylic acids is 1. The summed E-state index contributed by atoms with van der Waals surface area (Å²) in [6.45, 7) is 3.39. The maximum Gasteiger partial charge on any atom is 0.358 e. The van der Waals surface area contributed by atoms with Gasteiger partial charge in [0.15, 0.2) is 5.69 Å². The van der Waals surface area contributed by atoms with Crippen molar-refractivity contribution in [2.75, 3.05) is 13.2 Å². The van der Waals surface area contributed by atoms with Crippen LogP contribution in [0.1, 0.15) is 29.5 Å². The van der Waals surface area contributed by atoms with Crippen molar-refractivity contribution >= 4 is 23.3 Å². The minimum Gasteiger partial charge on any atom is -0.461 e. The third-order valence-corrected chi connectivity index (χ3v) is 2.98. The number of esters is 1. The Labute approximate surface area is 115 Å². The van der Waals surface area contributed by atoms with Crippen molar-refractivity contribution in [2.45, 2.75) is 19.9 Å². The molecule has 0 unspecified atom stereocenters. The van der Waals surface area contributed by atoms with E-state index in [1.807, 2.05) is 0 Å². The summed E-state index contributed by atoms with van der Waals surface area (Å²) in [5, 5.41) is 4.58. The molecule has 1 aromatic rings. The molecule has 1 aliphatic rings. The van der Waals surface area contributed by atoms with Gasteiger partial charge >= 0.3 is 5.97 Å². The van der Waals surface area contributed by atoms with Crippen molar-refractivity contribution in [2.24, 2.45) is 10.7 Å². The van der Waals surface area contributed by atoms with Crippen molar-refractivity contribution in [3.63, 3.8) is 0 Å². The van der Waals surface area contributed by atoms with E-state index in [4.69, 9.17) is 22.1 Å². The van der Waals surface area contributed by atoms with Gasteiger partial charge in [-0.3, -0.25) is 9.67 Å². The lowest BCUT2D eigenvalue weighted by Gasteiger charge is -2.03. The standard InChI is InChI=1S/C12H15ClN4O2/c1-2-19-12(18)9-6-10-11(8(13)7-14)15-4-3-5-17(10)16-9/h6-7H,2-5,14H2,1H3. The summed E-state index contributed by atoms with van der Waals surface area (Å²) in [4.78, 5) is 16.1. The van der Waals surface area contributed by atoms with Crippen LogP contribution in [0.5, 0.6) is 0 Å². The molecule has 1 aromatic heterocycles. The van der Waals surface area contributed by atoms with E-state index in [2.05, 4.69) is 10.1 Å². The van der Waals surface area contributed by atoms with Crippen LogP contribution < -0.4 is 5.73 Å². The van der Waals surface area contributed by atoms with Gasteiger partial charge in [-0.15, -0.1) is 0 Å². The van der Waals surface area contributed by atoms with E-state index in [-0.39, 0.29) is 5.69 Å². The number of hydrogen-bond acceptors (Lipinski definition) is 5. The molecule has 7 heteroatoms. The molecule has 0 saturated heterocycles. The molecule has 0 amide bonds. The molecule has 0 bridgehead atoms. The van der Waals surface area contributed by atoms with Gasteiger partial charge < -0.3 is 10.5 Å². The Hall–Kier alpha value is -1.82. The zero-order chi connectivity index (χ0) is 13.8. The summed E-state index contributed by atoms with van der Waals surface area (Å²) < 4.78 is 6.64. The molecule has 0 radical (unpaired) electrons. The molecular weight excluding hydrogens is 268 g/mol. The monoisotopic (exact) mass is 282 g/mol. The van der Waals surface area contributed by atoms with Gasteiger partial charge in [0.2, 0.25) is 0 Å². The fourth-order valence-corrected chi connectivity index (χ4v) is 2.01. The number of hydrogen-bond donors (Lipinski definition) is 1. The van der Waals surface area contributed by atoms with E-state index >= 15 is 0 Å². The van der Waals surface area contributed by atoms with E-state index in [9.17, 15) is 4.79 Å². The fourth-order valence-electron chi connectivity index (χ4n) is 1.85. The Kier molecular flexibility index (Phi) is 4.21. The summed E-state index contributed by atoms with van der Waals surface area (Å²) in [7, 11) is 0. The van der Waals surface area contributed by atoms with Gasteiger partial charge in [-0.05, 0) is 13.3 Å². The Morgan fingerprint density at radius 3 is 3.16 bits per heavy atom. The van der Waals surface area contributed by atoms with Gasteiger partial charge in [-0.25, -0.2) is 4.79 Å². The molecular formula is C12H15ClN4O2. The molecule has 2 N–H and O–H groups in total. The minimum atomic E-state index is -0.449. The summed E-state index contributed by atoms with van der Waals surface area (Å²) in [5.41, 5.74) is 6.93. The summed E-state index contributed by atoms with van der Waals surface area (Å²) in [6, 6.07) is 1.63. The predicted octanol–water partition coefficient (Wildman–Crippen LogP) is 1.29. The first kappa shape index (κ1) is 13.6. The number of aromatic nitrogens is 2. The normalized spacial score (nSPS) is 15.5. The molecule has 0 atom stereocenters. The van der Waals surface area contributed by atoms with Crippen molar-refractivity contribution in [3.05, 3.63) is 28.7 Å². The quantitative estimate of drug-likeness (QED) is 0.847. The fraction of sp³-hybridized carbons (Fsp3) is 0.417. The smallest absolute Gasteiger partial charge is 0.358 e. The van der Waals surface area contributed by atoms with E-state index < -0.39 is 5.97 Å². The van der Waals surface area contributed by atoms with E-state index in [1.54, 1.807) is 17.7 Å². The van der Waals surface area contributed by atoms with Gasteiger partial charge in [0.1, 0.15) is 5.71 Å². The van der Waals surface area contributed by atoms with Crippen LogP contribution >= 0.6 is 11.6 Å². The first-order valence-electron chi connectivity index (χ1n) is 6.05. The van der Waals surface area contributed by atoms with Crippen molar-refractivity contribution < 1.29 is 9.53 Å². The average Bonchev–Trinajstić information content (AvgIpc) is 2.73. The number of rotatable bonds is 3. The summed E-state index contributed by atoms with van der Waals surface area (Å²) in [6.07, 6.45) is 2.11. The van der Waals surface area contributed by atoms with Gasteiger partial charge in [-0.2, -0.15) is 5.10 Å². The van der Waals surface area contributed by atoms with Crippen LogP contribution in [0.3, 0.4) is 0 Å². The third-order valence-electron chi connectivity index (χ3n) is 2.68. The lowest BCUT2D eigenvalue weighted by Crippen LogP contribution is -2.10. The highest BCUT2D eigenvalue weighted by Gasteiger charge is 2.21. The zero-order valence-electron chi connectivity index (χ0n) is 10.6. The summed E-state index contributed by atoms with van der Waals surface area (Å²) >= 11 is 6.04. The molecule has 6 nitrogen and oxygen atoms in total. The number of halogens is 1. The average molecular weight is 283 g/mol. The highest BCUT2D eigenvalue weighted by atomic mass is 35.5. The third kappa shape index (κ3) is 2.78. The topological polar surface area (TPSA) is 82.5 Å². The first-order valence-corrected chi connectivity index (χ1v) is 6.42. The second-order valence-corrected chi connectivity index (χ2v) is 4.36. The number of ether oxygens (including phenoxy) is 1. The van der Waals surface area contributed by atoms with Crippen LogP contribution in [-0.4, -0.2) is 34.6 Å². The highest BCUT2D eigenvalue weighted by Crippen LogP contribution is 2.18. The SMILES string of the molecule is CCOC(=O)c1cc2n(n1)CCCN=C2C(Cl)=CN. The largest absolute Gasteiger partial charge is 0.461 e. The molecule has 19 heavy (non-hydrogen) atoms. The van der Waals surface area contributed by atoms with Crippen LogP contribution in [0.25, 0.3) is 0 Å². The maximum absolute atomic E-state index is 11.7. The van der Waals surface area contributed by atoms with E-state index in [1.165, 1.54) is 6.20 Å². The second kappa shape index (κ2) is 5.88. The lowest BCUT2D eigenvalue weighted by atomic mass is 10.2. The zero-order valence-corrected chi connectivity index (χ0v) is 11.4. The number of carbonyl (C=O) groups is 1. The van der Waals surface area contributed by atoms with Crippen LogP contribution in [0.2, 0.25) is 0 Å². The Morgan fingerprint density at radius 1 is 1.68 bits per heavy atom. The van der Waals surface area contributed by atoms with Crippen molar-refractivity contribution in [1.29, 1.82) is 0 Å². The molecule has 0 aliphatic carbocycles. The maximum atomic E-state index is 11.7. The second-order valence-electron chi connectivity index (χ2n) is 3.96. The number of fused-ring (bicyclic) bond motifs is 1. The highest BCUT2D eigenvalue weighted by molar-refractivity contribution is 6.46. The number of nitrogens with two attached hydrogens (primary N) is 1. The Balaban J connectivity index is 2.41. The molecule has 1 aliphatic heterocycles. The molecule has 2 heterocycles. The number of aliphatic imine (C=N–C) groups is 1. The predicted molar refractivity (Wildman–Crippen MR) is 72.3 cm³/mol. The van der Waals surface area contributed by atoms with E-state index in [0.29, 0.717) is 36.1 Å². The van der Waals surface area contributed by atoms with Crippen LogP contribution in [0.15, 0.2) is 22.3 Å². The number of aryl methyl sites for hydroxylation is 1. The minimum absolute atomic E-state index is 0.257. The van der Waals surface area contributed by atoms with Crippen molar-refractivity contribution in [1.82, 2.24) is 9.78 Å². The molecule has 0 fully saturated rings. The Morgan fingerprint density at radius 2 is 2.47 bits per heavy atom. The van der Waals surface area contributed by atoms with Gasteiger partial charge in [-0.1, -0.05) is 11.6 Å². The van der Waals surface area contributed by atoms with Crippen LogP contribution in [-0.2, 0) is 11.3 Å². The first-order chi connectivity index (χ1) is 9.17. The summed E-state index contributed by atoms with van der Waals surface area (Å²) in [5.74, 6) is -0.449. The number of allylic oxidation sites excluding steroid dienone is 1. The van der Waals surface area contributed by atoms with Gasteiger partial charge in [0.05, 0.1) is 17.3 Å². The van der Waals surface area contributed by atoms with Crippen LogP contribution in [0.4, 0.5) is 0 Å². The van der Waals surface area contributed by atoms with E-state index in [0.717, 1.165) is 6.42 Å². The lowest BCUT2D eigenvalue weighted by molar-refractivity contribution is 0.0518. The van der Waals surface area contributed by atoms with Gasteiger partial charge in [0, 0.05) is 25.4 Å². The molecule has 2 rings (SSSR count). The molecule has 0 aromatic carbocycles. The Bertz CT molecular complexity index is 548.